The Bertz CT molecular complexity index is 1300. The Labute approximate surface area is 163 Å². The Hall–Kier alpha value is -3.79. The first-order valence-corrected chi connectivity index (χ1v) is 9.17. The van der Waals surface area contributed by atoms with Crippen molar-refractivity contribution < 1.29 is 0 Å². The Balaban J connectivity index is 1.53. The molecule has 0 N–H and O–H groups in total. The lowest BCUT2D eigenvalue weighted by Crippen LogP contribution is -2.10. The third-order valence-electron chi connectivity index (χ3n) is 5.00. The maximum Gasteiger partial charge on any atom is 0.0703 e. The van der Waals surface area contributed by atoms with E-state index in [0.717, 1.165) is 44.3 Å². The number of hydrogen-bond donors (Lipinski definition) is 0. The highest BCUT2D eigenvalue weighted by Crippen LogP contribution is 2.29. The molecule has 3 heterocycles. The molecule has 0 saturated carbocycles. The minimum absolute atomic E-state index is 0.994. The Morgan fingerprint density at radius 3 is 2.00 bits per heavy atom. The number of anilines is 2. The van der Waals surface area contributed by atoms with Gasteiger partial charge in [0.05, 0.1) is 34.8 Å². The minimum atomic E-state index is 0.994. The average molecular weight is 362 g/mol. The lowest BCUT2D eigenvalue weighted by molar-refractivity contribution is 1.16. The highest BCUT2D eigenvalue weighted by Gasteiger charge is 2.09. The van der Waals surface area contributed by atoms with Gasteiger partial charge in [0.1, 0.15) is 0 Å². The van der Waals surface area contributed by atoms with Crippen LogP contribution in [0.4, 0.5) is 11.4 Å². The van der Waals surface area contributed by atoms with Gasteiger partial charge in [-0.2, -0.15) is 0 Å². The van der Waals surface area contributed by atoms with Crippen LogP contribution in [0.1, 0.15) is 0 Å². The van der Waals surface area contributed by atoms with Crippen molar-refractivity contribution in [1.82, 2.24) is 15.0 Å². The SMILES string of the molecule is CN(c1cncc(-c2cnc3ccccc3c2)c1)c1cnc2ccccc2c1. The zero-order valence-corrected chi connectivity index (χ0v) is 15.4. The van der Waals surface area contributed by atoms with Crippen LogP contribution in [0.15, 0.2) is 91.5 Å². The average Bonchev–Trinajstić information content (AvgIpc) is 2.78. The van der Waals surface area contributed by atoms with Crippen molar-refractivity contribution in [2.24, 2.45) is 0 Å². The van der Waals surface area contributed by atoms with Gasteiger partial charge in [0.25, 0.3) is 0 Å². The van der Waals surface area contributed by atoms with Gasteiger partial charge in [-0.15, -0.1) is 0 Å². The molecule has 0 bridgehead atoms. The molecule has 4 heteroatoms. The molecule has 0 spiro atoms. The van der Waals surface area contributed by atoms with E-state index in [9.17, 15) is 0 Å². The van der Waals surface area contributed by atoms with Gasteiger partial charge < -0.3 is 4.90 Å². The fourth-order valence-corrected chi connectivity index (χ4v) is 3.39. The maximum absolute atomic E-state index is 4.57. The highest BCUT2D eigenvalue weighted by molar-refractivity contribution is 5.85. The van der Waals surface area contributed by atoms with Gasteiger partial charge in [-0.3, -0.25) is 15.0 Å². The third-order valence-corrected chi connectivity index (χ3v) is 5.00. The number of pyridine rings is 3. The molecular weight excluding hydrogens is 344 g/mol. The van der Waals surface area contributed by atoms with Crippen LogP contribution in [0.2, 0.25) is 0 Å². The Morgan fingerprint density at radius 2 is 1.21 bits per heavy atom. The van der Waals surface area contributed by atoms with Crippen molar-refractivity contribution in [3.8, 4) is 11.1 Å². The molecule has 0 atom stereocenters. The number of nitrogens with zero attached hydrogens (tertiary/aromatic N) is 4. The minimum Gasteiger partial charge on any atom is -0.342 e. The molecule has 5 aromatic rings. The molecule has 5 rings (SSSR count). The Morgan fingerprint density at radius 1 is 0.607 bits per heavy atom. The second-order valence-corrected chi connectivity index (χ2v) is 6.79. The summed E-state index contributed by atoms with van der Waals surface area (Å²) in [7, 11) is 2.03. The lowest BCUT2D eigenvalue weighted by atomic mass is 10.1. The van der Waals surface area contributed by atoms with E-state index in [2.05, 4.69) is 50.2 Å². The molecule has 0 aliphatic heterocycles. The van der Waals surface area contributed by atoms with Crippen LogP contribution in [-0.2, 0) is 0 Å². The summed E-state index contributed by atoms with van der Waals surface area (Å²) in [5, 5.41) is 2.24. The molecule has 28 heavy (non-hydrogen) atoms. The molecule has 0 unspecified atom stereocenters. The van der Waals surface area contributed by atoms with Crippen LogP contribution in [0.25, 0.3) is 32.9 Å². The molecule has 2 aromatic carbocycles. The van der Waals surface area contributed by atoms with E-state index in [4.69, 9.17) is 0 Å². The summed E-state index contributed by atoms with van der Waals surface area (Å²) in [6.07, 6.45) is 7.54. The van der Waals surface area contributed by atoms with Crippen LogP contribution >= 0.6 is 0 Å². The van der Waals surface area contributed by atoms with Crippen molar-refractivity contribution in [1.29, 1.82) is 0 Å². The summed E-state index contributed by atoms with van der Waals surface area (Å²) in [4.78, 5) is 15.7. The van der Waals surface area contributed by atoms with Crippen LogP contribution in [0.5, 0.6) is 0 Å². The number of benzene rings is 2. The Kier molecular flexibility index (Phi) is 3.95. The largest absolute Gasteiger partial charge is 0.342 e. The van der Waals surface area contributed by atoms with Gasteiger partial charge in [0.2, 0.25) is 0 Å². The second-order valence-electron chi connectivity index (χ2n) is 6.79. The summed E-state index contributed by atoms with van der Waals surface area (Å²) < 4.78 is 0. The molecule has 0 aliphatic rings. The molecule has 0 amide bonds. The van der Waals surface area contributed by atoms with Gasteiger partial charge in [0, 0.05) is 41.3 Å². The normalized spacial score (nSPS) is 11.0. The number of fused-ring (bicyclic) bond motifs is 2. The van der Waals surface area contributed by atoms with Gasteiger partial charge in [-0.25, -0.2) is 0 Å². The summed E-state index contributed by atoms with van der Waals surface area (Å²) >= 11 is 0. The summed E-state index contributed by atoms with van der Waals surface area (Å²) in [6, 6.07) is 22.7. The van der Waals surface area contributed by atoms with Gasteiger partial charge in [0.15, 0.2) is 0 Å². The number of aromatic nitrogens is 3. The molecule has 0 aliphatic carbocycles. The molecule has 4 nitrogen and oxygen atoms in total. The van der Waals surface area contributed by atoms with E-state index >= 15 is 0 Å². The zero-order chi connectivity index (χ0) is 18.9. The zero-order valence-electron chi connectivity index (χ0n) is 15.4. The number of hydrogen-bond acceptors (Lipinski definition) is 4. The molecule has 0 fully saturated rings. The van der Waals surface area contributed by atoms with Crippen LogP contribution in [0, 0.1) is 0 Å². The van der Waals surface area contributed by atoms with Crippen molar-refractivity contribution >= 4 is 33.2 Å². The van der Waals surface area contributed by atoms with Crippen molar-refractivity contribution in [3.63, 3.8) is 0 Å². The van der Waals surface area contributed by atoms with Gasteiger partial charge >= 0.3 is 0 Å². The third kappa shape index (κ3) is 2.95. The first-order chi connectivity index (χ1) is 13.8. The first kappa shape index (κ1) is 16.4. The number of rotatable bonds is 3. The maximum atomic E-state index is 4.57. The summed E-state index contributed by atoms with van der Waals surface area (Å²) in [5.74, 6) is 0. The van der Waals surface area contributed by atoms with Gasteiger partial charge in [-0.1, -0.05) is 36.4 Å². The standard InChI is InChI=1S/C24H18N4/c1-28(22-11-18-7-3-5-9-24(18)27-16-22)21-12-20(13-25-15-21)19-10-17-6-2-4-8-23(17)26-14-19/h2-16H,1H3. The van der Waals surface area contributed by atoms with Crippen LogP contribution < -0.4 is 4.90 Å². The molecular formula is C24H18N4. The van der Waals surface area contributed by atoms with Crippen LogP contribution in [-0.4, -0.2) is 22.0 Å². The van der Waals surface area contributed by atoms with E-state index in [0.29, 0.717) is 0 Å². The molecule has 3 aromatic heterocycles. The number of para-hydroxylation sites is 2. The predicted molar refractivity (Wildman–Crippen MR) is 115 cm³/mol. The van der Waals surface area contributed by atoms with E-state index in [1.54, 1.807) is 0 Å². The van der Waals surface area contributed by atoms with Crippen LogP contribution in [0.3, 0.4) is 0 Å². The fourth-order valence-electron chi connectivity index (χ4n) is 3.39. The fraction of sp³-hybridized carbons (Fsp3) is 0.0417. The highest BCUT2D eigenvalue weighted by atomic mass is 15.1. The van der Waals surface area contributed by atoms with Gasteiger partial charge in [-0.05, 0) is 30.3 Å². The van der Waals surface area contributed by atoms with Crippen molar-refractivity contribution in [3.05, 3.63) is 91.5 Å². The second kappa shape index (κ2) is 6.74. The van der Waals surface area contributed by atoms with Crippen molar-refractivity contribution in [2.45, 2.75) is 0 Å². The molecule has 0 radical (unpaired) electrons. The van der Waals surface area contributed by atoms with E-state index in [1.807, 2.05) is 68.2 Å². The first-order valence-electron chi connectivity index (χ1n) is 9.17. The topological polar surface area (TPSA) is 41.9 Å². The molecule has 134 valence electrons. The van der Waals surface area contributed by atoms with Crippen molar-refractivity contribution in [2.75, 3.05) is 11.9 Å². The quantitative estimate of drug-likeness (QED) is 0.418. The van der Waals surface area contributed by atoms with E-state index in [-0.39, 0.29) is 0 Å². The lowest BCUT2D eigenvalue weighted by Gasteiger charge is -2.20. The smallest absolute Gasteiger partial charge is 0.0703 e. The van der Waals surface area contributed by atoms with E-state index < -0.39 is 0 Å². The summed E-state index contributed by atoms with van der Waals surface area (Å²) in [5.41, 5.74) is 6.11. The monoisotopic (exact) mass is 362 g/mol. The predicted octanol–water partition coefficient (Wildman–Crippen LogP) is 5.61. The van der Waals surface area contributed by atoms with E-state index in [1.165, 1.54) is 0 Å². The molecule has 0 saturated heterocycles. The summed E-state index contributed by atoms with van der Waals surface area (Å²) in [6.45, 7) is 0.